The number of hydrogen-bond acceptors (Lipinski definition) is 7. The second kappa shape index (κ2) is 11.8. The number of methoxy groups -OCH3 is 1. The Bertz CT molecular complexity index is 943. The number of ether oxygens (including phenoxy) is 3. The summed E-state index contributed by atoms with van der Waals surface area (Å²) >= 11 is 1.74. The molecule has 2 atom stereocenters. The lowest BCUT2D eigenvalue weighted by atomic mass is 10.0. The van der Waals surface area contributed by atoms with Crippen LogP contribution in [0, 0.1) is 0 Å². The zero-order valence-electron chi connectivity index (χ0n) is 19.7. The summed E-state index contributed by atoms with van der Waals surface area (Å²) in [5, 5.41) is 12.5. The molecular weight excluding hydrogens is 452 g/mol. The van der Waals surface area contributed by atoms with Crippen molar-refractivity contribution in [3.05, 3.63) is 58.8 Å². The highest BCUT2D eigenvalue weighted by Crippen LogP contribution is 2.35. The Balaban J connectivity index is 1.41. The minimum Gasteiger partial charge on any atom is -0.497 e. The fraction of sp³-hybridized carbons (Fsp3) is 0.500. The van der Waals surface area contributed by atoms with E-state index in [1.165, 1.54) is 10.4 Å². The number of hydrogen-bond donors (Lipinski definition) is 1. The Morgan fingerprint density at radius 3 is 2.76 bits per heavy atom. The number of fused-ring (bicyclic) bond motifs is 1. The topological polar surface area (TPSA) is 71.5 Å². The van der Waals surface area contributed by atoms with Crippen molar-refractivity contribution in [3.8, 4) is 11.5 Å². The minimum absolute atomic E-state index is 0.0753. The smallest absolute Gasteiger partial charge is 0.237 e. The van der Waals surface area contributed by atoms with Crippen LogP contribution < -0.4 is 9.47 Å². The molecule has 1 aliphatic heterocycles. The van der Waals surface area contributed by atoms with Crippen LogP contribution in [0.1, 0.15) is 29.3 Å². The molecule has 4 rings (SSSR count). The highest BCUT2D eigenvalue weighted by Gasteiger charge is 2.36. The predicted octanol–water partition coefficient (Wildman–Crippen LogP) is 3.29. The van der Waals surface area contributed by atoms with Gasteiger partial charge in [-0.25, -0.2) is 0 Å². The van der Waals surface area contributed by atoms with Crippen LogP contribution in [0.15, 0.2) is 48.4 Å². The first-order valence-electron chi connectivity index (χ1n) is 11.8. The van der Waals surface area contributed by atoms with Crippen molar-refractivity contribution in [1.82, 2.24) is 9.80 Å². The number of aliphatic hydroxyl groups is 1. The summed E-state index contributed by atoms with van der Waals surface area (Å²) in [6.07, 6.45) is 4.02. The van der Waals surface area contributed by atoms with Gasteiger partial charge in [-0.05, 0) is 60.5 Å². The van der Waals surface area contributed by atoms with Crippen molar-refractivity contribution in [2.75, 3.05) is 46.6 Å². The standard InChI is InChI=1S/C26H34N2O5S/c1-3-13-32-17-20(29)15-27(19-4-5-19)16-26(30)28-12-10-25-23(11-14-34-25)24(28)18-33-22-8-6-21(31-2)7-9-22/h3,6-9,11,14,19-20,24,29H,1,4-5,10,12-13,15-18H2,2H3/t20-,24+/m0/s1. The predicted molar refractivity (Wildman–Crippen MR) is 133 cm³/mol. The first kappa shape index (κ1) is 24.7. The molecule has 8 heteroatoms. The molecule has 184 valence electrons. The average Bonchev–Trinajstić information content (AvgIpc) is 3.59. The summed E-state index contributed by atoms with van der Waals surface area (Å²) < 4.78 is 16.7. The summed E-state index contributed by atoms with van der Waals surface area (Å²) in [6, 6.07) is 9.83. The minimum atomic E-state index is -0.632. The largest absolute Gasteiger partial charge is 0.497 e. The van der Waals surface area contributed by atoms with E-state index in [9.17, 15) is 9.90 Å². The van der Waals surface area contributed by atoms with Gasteiger partial charge in [-0.2, -0.15) is 0 Å². The van der Waals surface area contributed by atoms with Crippen LogP contribution in [0.5, 0.6) is 11.5 Å². The normalized spacial score (nSPS) is 18.4. The molecule has 1 aromatic heterocycles. The summed E-state index contributed by atoms with van der Waals surface area (Å²) in [7, 11) is 1.64. The molecule has 0 radical (unpaired) electrons. The number of nitrogens with zero attached hydrogens (tertiary/aromatic N) is 2. The van der Waals surface area contributed by atoms with E-state index < -0.39 is 6.10 Å². The van der Waals surface area contributed by atoms with Crippen LogP contribution in [-0.2, 0) is 16.0 Å². The van der Waals surface area contributed by atoms with Crippen LogP contribution >= 0.6 is 11.3 Å². The van der Waals surface area contributed by atoms with E-state index in [2.05, 4.69) is 22.9 Å². The molecule has 1 N–H and O–H groups in total. The third-order valence-electron chi connectivity index (χ3n) is 6.28. The molecule has 1 fully saturated rings. The van der Waals surface area contributed by atoms with Gasteiger partial charge in [0.15, 0.2) is 0 Å². The fourth-order valence-electron chi connectivity index (χ4n) is 4.38. The van der Waals surface area contributed by atoms with Gasteiger partial charge < -0.3 is 24.2 Å². The molecule has 0 unspecified atom stereocenters. The van der Waals surface area contributed by atoms with E-state index in [-0.39, 0.29) is 18.6 Å². The Hall–Kier alpha value is -2.39. The summed E-state index contributed by atoms with van der Waals surface area (Å²) in [4.78, 5) is 18.9. The molecule has 7 nitrogen and oxygen atoms in total. The summed E-state index contributed by atoms with van der Waals surface area (Å²) in [5.41, 5.74) is 1.17. The SMILES string of the molecule is C=CCOC[C@@H](O)CN(CC(=O)N1CCc2sccc2[C@H]1COc1ccc(OC)cc1)C1CC1. The Morgan fingerprint density at radius 1 is 1.29 bits per heavy atom. The first-order chi connectivity index (χ1) is 16.6. The van der Waals surface area contributed by atoms with E-state index in [0.717, 1.165) is 30.8 Å². The number of amides is 1. The lowest BCUT2D eigenvalue weighted by molar-refractivity contribution is -0.136. The van der Waals surface area contributed by atoms with Crippen LogP contribution in [-0.4, -0.2) is 79.5 Å². The highest BCUT2D eigenvalue weighted by molar-refractivity contribution is 7.10. The van der Waals surface area contributed by atoms with Crippen LogP contribution in [0.25, 0.3) is 0 Å². The van der Waals surface area contributed by atoms with E-state index in [4.69, 9.17) is 14.2 Å². The van der Waals surface area contributed by atoms with E-state index >= 15 is 0 Å². The summed E-state index contributed by atoms with van der Waals surface area (Å²) in [6.45, 7) is 6.06. The van der Waals surface area contributed by atoms with E-state index in [1.807, 2.05) is 29.2 Å². The van der Waals surface area contributed by atoms with Gasteiger partial charge in [-0.3, -0.25) is 9.69 Å². The number of thiophene rings is 1. The second-order valence-electron chi connectivity index (χ2n) is 8.78. The molecule has 34 heavy (non-hydrogen) atoms. The molecule has 2 aliphatic rings. The lowest BCUT2D eigenvalue weighted by Gasteiger charge is -2.37. The molecule has 0 saturated heterocycles. The number of aliphatic hydroxyl groups excluding tert-OH is 1. The molecule has 0 spiro atoms. The number of carbonyl (C=O) groups is 1. The van der Waals surface area contributed by atoms with Crippen LogP contribution in [0.2, 0.25) is 0 Å². The van der Waals surface area contributed by atoms with Gasteiger partial charge in [0.1, 0.15) is 18.1 Å². The van der Waals surface area contributed by atoms with Gasteiger partial charge in [0.25, 0.3) is 0 Å². The van der Waals surface area contributed by atoms with E-state index in [0.29, 0.717) is 38.9 Å². The Morgan fingerprint density at radius 2 is 2.06 bits per heavy atom. The zero-order valence-corrected chi connectivity index (χ0v) is 20.5. The molecule has 1 saturated carbocycles. The maximum Gasteiger partial charge on any atom is 0.237 e. The molecule has 0 bridgehead atoms. The first-order valence-corrected chi connectivity index (χ1v) is 12.7. The van der Waals surface area contributed by atoms with Gasteiger partial charge >= 0.3 is 0 Å². The van der Waals surface area contributed by atoms with Crippen LogP contribution in [0.3, 0.4) is 0 Å². The molecule has 1 aliphatic carbocycles. The van der Waals surface area contributed by atoms with Crippen molar-refractivity contribution >= 4 is 17.2 Å². The van der Waals surface area contributed by atoms with Crippen molar-refractivity contribution in [2.24, 2.45) is 0 Å². The average molecular weight is 487 g/mol. The quantitative estimate of drug-likeness (QED) is 0.346. The number of rotatable bonds is 13. The van der Waals surface area contributed by atoms with Crippen LogP contribution in [0.4, 0.5) is 0 Å². The molecular formula is C26H34N2O5S. The van der Waals surface area contributed by atoms with Crippen molar-refractivity contribution < 1.29 is 24.1 Å². The molecule has 2 heterocycles. The second-order valence-corrected chi connectivity index (χ2v) is 9.78. The highest BCUT2D eigenvalue weighted by atomic mass is 32.1. The summed E-state index contributed by atoms with van der Waals surface area (Å²) in [5.74, 6) is 1.60. The van der Waals surface area contributed by atoms with Gasteiger partial charge in [-0.1, -0.05) is 6.08 Å². The Kier molecular flexibility index (Phi) is 8.61. The van der Waals surface area contributed by atoms with Gasteiger partial charge in [0.2, 0.25) is 5.91 Å². The van der Waals surface area contributed by atoms with Gasteiger partial charge in [-0.15, -0.1) is 17.9 Å². The maximum atomic E-state index is 13.5. The molecule has 1 aromatic carbocycles. The van der Waals surface area contributed by atoms with Crippen molar-refractivity contribution in [2.45, 2.75) is 37.5 Å². The van der Waals surface area contributed by atoms with Gasteiger partial charge in [0.05, 0.1) is 39.0 Å². The number of benzene rings is 1. The maximum absolute atomic E-state index is 13.5. The van der Waals surface area contributed by atoms with E-state index in [1.54, 1.807) is 24.5 Å². The molecule has 2 aromatic rings. The molecule has 1 amide bonds. The third-order valence-corrected chi connectivity index (χ3v) is 7.27. The fourth-order valence-corrected chi connectivity index (χ4v) is 5.31. The monoisotopic (exact) mass is 486 g/mol. The Labute approximate surface area is 205 Å². The number of carbonyl (C=O) groups excluding carboxylic acids is 1. The van der Waals surface area contributed by atoms with Crippen molar-refractivity contribution in [1.29, 1.82) is 0 Å². The third kappa shape index (κ3) is 6.39. The lowest BCUT2D eigenvalue weighted by Crippen LogP contribution is -2.48. The van der Waals surface area contributed by atoms with Gasteiger partial charge in [0, 0.05) is 24.0 Å². The zero-order chi connectivity index (χ0) is 23.9. The van der Waals surface area contributed by atoms with Crippen molar-refractivity contribution in [3.63, 3.8) is 0 Å².